The molecule has 4 fully saturated rings. The largest absolute Gasteiger partial charge is 0.444 e. The van der Waals surface area contributed by atoms with Crippen LogP contribution in [0.25, 0.3) is 0 Å². The number of alkyl carbamates (subject to hydrolysis) is 1. The first-order valence-corrected chi connectivity index (χ1v) is 23.6. The molecule has 6 rings (SSSR count). The van der Waals surface area contributed by atoms with E-state index in [2.05, 4.69) is 52.2 Å². The van der Waals surface area contributed by atoms with Gasteiger partial charge in [-0.25, -0.2) is 9.78 Å². The van der Waals surface area contributed by atoms with Crippen molar-refractivity contribution in [2.45, 2.75) is 220 Å². The number of aliphatic hydroxyl groups excluding tert-OH is 1. The lowest BCUT2D eigenvalue weighted by atomic mass is 9.35. The molecule has 1 saturated heterocycles. The lowest BCUT2D eigenvalue weighted by Crippen LogP contribution is -2.66. The van der Waals surface area contributed by atoms with Crippen LogP contribution in [0.3, 0.4) is 0 Å². The number of aliphatic hydroxyl groups is 2. The summed E-state index contributed by atoms with van der Waals surface area (Å²) in [6.07, 6.45) is 16.3. The highest BCUT2D eigenvalue weighted by Crippen LogP contribution is 2.76. The van der Waals surface area contributed by atoms with Crippen LogP contribution in [0.15, 0.2) is 0 Å². The number of carbonyl (C=O) groups is 2. The zero-order valence-electron chi connectivity index (χ0n) is 37.6. The quantitative estimate of drug-likeness (QED) is 0.138. The highest BCUT2D eigenvalue weighted by atomic mass is 32.1. The first kappa shape index (κ1) is 44.8. The Labute approximate surface area is 349 Å². The lowest BCUT2D eigenvalue weighted by Gasteiger charge is -2.69. The molecule has 0 spiro atoms. The van der Waals surface area contributed by atoms with Gasteiger partial charge in [0, 0.05) is 23.3 Å². The molecule has 4 N–H and O–H groups in total. The number of hydrogen-bond acceptors (Lipinski definition) is 8. The fourth-order valence-electron chi connectivity index (χ4n) is 13.6. The van der Waals surface area contributed by atoms with Crippen LogP contribution < -0.4 is 10.6 Å². The van der Waals surface area contributed by atoms with Crippen molar-refractivity contribution in [2.24, 2.45) is 39.9 Å². The zero-order valence-corrected chi connectivity index (χ0v) is 38.4. The van der Waals surface area contributed by atoms with Crippen molar-refractivity contribution in [3.63, 3.8) is 0 Å². The number of thiazole rings is 1. The van der Waals surface area contributed by atoms with Gasteiger partial charge in [0.25, 0.3) is 0 Å². The van der Waals surface area contributed by atoms with Crippen molar-refractivity contribution < 1.29 is 29.3 Å². The number of rotatable bonds is 14. The van der Waals surface area contributed by atoms with Gasteiger partial charge in [0.1, 0.15) is 5.60 Å². The monoisotopic (exact) mass is 814 g/mol. The van der Waals surface area contributed by atoms with Crippen molar-refractivity contribution in [3.8, 4) is 0 Å². The number of amides is 2. The summed E-state index contributed by atoms with van der Waals surface area (Å²) in [5.74, 6) is 1.37. The van der Waals surface area contributed by atoms with Gasteiger partial charge < -0.3 is 30.3 Å². The van der Waals surface area contributed by atoms with Gasteiger partial charge in [0.05, 0.1) is 29.1 Å². The standard InChI is InChI=1S/C47H79N3O6S/c1-41(2,3)56-40(53)48-27-19-17-15-13-12-14-16-18-20-36(52)49-39-50-38-32(57-39)29-44(8)33(42(38,4)5)22-25-45(9)34(44)28-31(51)37-30(21-24-46(37,45)10)47(11)26-23-35(55-47)43(6,7)54/h30-31,33-35,37,51,54H,12-29H2,1-11H3,(H,48,53)(H,49,50,52)/t30?,31-,33+,34-,35-,37+,44+,45-,46-,47+/m1/s1. The van der Waals surface area contributed by atoms with Gasteiger partial charge in [0.2, 0.25) is 5.91 Å². The third-order valence-electron chi connectivity index (χ3n) is 16.5. The molecule has 5 aliphatic rings. The van der Waals surface area contributed by atoms with Crippen LogP contribution in [0.5, 0.6) is 0 Å². The number of carbonyl (C=O) groups excluding carboxylic acids is 2. The molecule has 1 aromatic rings. The van der Waals surface area contributed by atoms with Gasteiger partial charge >= 0.3 is 6.09 Å². The number of aromatic nitrogens is 1. The Morgan fingerprint density at radius 3 is 2.12 bits per heavy atom. The molecule has 0 radical (unpaired) electrons. The maximum absolute atomic E-state index is 13.1. The van der Waals surface area contributed by atoms with Crippen molar-refractivity contribution >= 4 is 28.5 Å². The summed E-state index contributed by atoms with van der Waals surface area (Å²) in [6, 6.07) is 0. The molecule has 10 heteroatoms. The highest BCUT2D eigenvalue weighted by Gasteiger charge is 2.72. The molecule has 1 aromatic heterocycles. The summed E-state index contributed by atoms with van der Waals surface area (Å²) >= 11 is 1.69. The molecule has 4 aliphatic carbocycles. The second kappa shape index (κ2) is 16.3. The van der Waals surface area contributed by atoms with Crippen LogP contribution in [-0.4, -0.2) is 62.8 Å². The molecular formula is C47H79N3O6S. The average molecular weight is 814 g/mol. The number of unbranched alkanes of at least 4 members (excludes halogenated alkanes) is 7. The number of nitrogens with one attached hydrogen (secondary N) is 2. The Morgan fingerprint density at radius 2 is 1.49 bits per heavy atom. The topological polar surface area (TPSA) is 130 Å². The summed E-state index contributed by atoms with van der Waals surface area (Å²) in [7, 11) is 0. The second-order valence-corrected chi connectivity index (χ2v) is 23.4. The van der Waals surface area contributed by atoms with E-state index in [0.29, 0.717) is 24.8 Å². The number of fused-ring (bicyclic) bond motifs is 6. The molecular weight excluding hydrogens is 735 g/mol. The SMILES string of the molecule is CC(C)(C)OC(=O)NCCCCCCCCCCC(=O)Nc1nc2c(s1)C[C@]1(C)[C@H]3C[C@@H](O)[C@@H]4C([C@]5(C)CC[C@H](C(C)(C)O)O5)CC[C@@]4(C)[C@]3(C)CC[C@H]1C2(C)C. The number of ether oxygens (including phenoxy) is 2. The summed E-state index contributed by atoms with van der Waals surface area (Å²) in [6.45, 7) is 24.7. The molecule has 9 nitrogen and oxygen atoms in total. The minimum absolute atomic E-state index is 0.00654. The van der Waals surface area contributed by atoms with Crippen LogP contribution in [0.4, 0.5) is 9.93 Å². The van der Waals surface area contributed by atoms with Gasteiger partial charge in [0.15, 0.2) is 5.13 Å². The molecule has 324 valence electrons. The van der Waals surface area contributed by atoms with E-state index in [0.717, 1.165) is 95.0 Å². The Morgan fingerprint density at radius 1 is 0.860 bits per heavy atom. The Balaban J connectivity index is 1.01. The number of anilines is 1. The summed E-state index contributed by atoms with van der Waals surface area (Å²) < 4.78 is 12.1. The number of nitrogens with zero attached hydrogens (tertiary/aromatic N) is 1. The van der Waals surface area contributed by atoms with Gasteiger partial charge in [-0.2, -0.15) is 0 Å². The van der Waals surface area contributed by atoms with Gasteiger partial charge in [-0.3, -0.25) is 4.79 Å². The van der Waals surface area contributed by atoms with Crippen molar-refractivity contribution in [1.29, 1.82) is 0 Å². The molecule has 0 bridgehead atoms. The predicted octanol–water partition coefficient (Wildman–Crippen LogP) is 10.5. The molecule has 1 aliphatic heterocycles. The van der Waals surface area contributed by atoms with E-state index >= 15 is 0 Å². The van der Waals surface area contributed by atoms with E-state index in [1.165, 1.54) is 23.4 Å². The van der Waals surface area contributed by atoms with E-state index in [1.54, 1.807) is 11.3 Å². The van der Waals surface area contributed by atoms with Crippen LogP contribution >= 0.6 is 11.3 Å². The minimum atomic E-state index is -0.866. The summed E-state index contributed by atoms with van der Waals surface area (Å²) in [5, 5.41) is 29.9. The van der Waals surface area contributed by atoms with Gasteiger partial charge in [-0.05, 0) is 146 Å². The molecule has 57 heavy (non-hydrogen) atoms. The van der Waals surface area contributed by atoms with E-state index in [1.807, 2.05) is 34.6 Å². The normalized spacial score (nSPS) is 37.1. The van der Waals surface area contributed by atoms with E-state index in [9.17, 15) is 19.8 Å². The Bertz CT molecular complexity index is 1600. The Hall–Kier alpha value is -1.75. The van der Waals surface area contributed by atoms with Crippen LogP contribution in [0.1, 0.15) is 189 Å². The molecule has 1 unspecified atom stereocenters. The third kappa shape index (κ3) is 8.73. The summed E-state index contributed by atoms with van der Waals surface area (Å²) in [5.41, 5.74) is -0.500. The van der Waals surface area contributed by atoms with Crippen molar-refractivity contribution in [3.05, 3.63) is 10.6 Å². The summed E-state index contributed by atoms with van der Waals surface area (Å²) in [4.78, 5) is 31.4. The minimum Gasteiger partial charge on any atom is -0.444 e. The lowest BCUT2D eigenvalue weighted by molar-refractivity contribution is -0.227. The third-order valence-corrected chi connectivity index (χ3v) is 17.5. The van der Waals surface area contributed by atoms with Gasteiger partial charge in [-0.15, -0.1) is 11.3 Å². The number of hydrogen-bond donors (Lipinski definition) is 4. The van der Waals surface area contributed by atoms with E-state index in [-0.39, 0.29) is 63.3 Å². The first-order valence-electron chi connectivity index (χ1n) is 22.8. The molecule has 2 amide bonds. The smallest absolute Gasteiger partial charge is 0.407 e. The maximum atomic E-state index is 13.1. The average Bonchev–Trinajstić information content (AvgIpc) is 3.80. The highest BCUT2D eigenvalue weighted by molar-refractivity contribution is 7.15. The second-order valence-electron chi connectivity index (χ2n) is 22.3. The van der Waals surface area contributed by atoms with E-state index in [4.69, 9.17) is 14.5 Å². The van der Waals surface area contributed by atoms with Crippen LogP contribution in [-0.2, 0) is 26.1 Å². The fourth-order valence-corrected chi connectivity index (χ4v) is 14.9. The Kier molecular flexibility index (Phi) is 12.8. The van der Waals surface area contributed by atoms with Crippen molar-refractivity contribution in [2.75, 3.05) is 11.9 Å². The fraction of sp³-hybridized carbons (Fsp3) is 0.894. The maximum Gasteiger partial charge on any atom is 0.407 e. The molecule has 10 atom stereocenters. The predicted molar refractivity (Wildman–Crippen MR) is 229 cm³/mol. The van der Waals surface area contributed by atoms with E-state index < -0.39 is 11.2 Å². The first-order chi connectivity index (χ1) is 26.4. The molecule has 0 aromatic carbocycles. The van der Waals surface area contributed by atoms with Gasteiger partial charge in [-0.1, -0.05) is 73.1 Å². The van der Waals surface area contributed by atoms with Crippen LogP contribution in [0.2, 0.25) is 0 Å². The zero-order chi connectivity index (χ0) is 41.8. The molecule has 2 heterocycles. The molecule has 3 saturated carbocycles. The van der Waals surface area contributed by atoms with Crippen molar-refractivity contribution in [1.82, 2.24) is 10.3 Å². The van der Waals surface area contributed by atoms with Crippen LogP contribution in [0, 0.1) is 39.9 Å².